The number of hydrogen-bond acceptors (Lipinski definition) is 3. The maximum absolute atomic E-state index is 13.5. The average Bonchev–Trinajstić information content (AvgIpc) is 3.49. The Hall–Kier alpha value is -2.95. The average molecular weight is 433 g/mol. The summed E-state index contributed by atoms with van der Waals surface area (Å²) in [7, 11) is 3.40. The lowest BCUT2D eigenvalue weighted by Crippen LogP contribution is -2.40. The number of rotatable bonds is 6. The van der Waals surface area contributed by atoms with Crippen molar-refractivity contribution in [1.29, 1.82) is 0 Å². The minimum absolute atomic E-state index is 0.177. The smallest absolute Gasteiger partial charge is 0.223 e. The van der Waals surface area contributed by atoms with Crippen LogP contribution in [-0.2, 0) is 11.2 Å². The van der Waals surface area contributed by atoms with Crippen LogP contribution in [0.15, 0.2) is 42.5 Å². The Balaban J connectivity index is 1.55. The molecule has 0 saturated heterocycles. The summed E-state index contributed by atoms with van der Waals surface area (Å²) in [5, 5.41) is 1.18. The highest BCUT2D eigenvalue weighted by atomic mass is 16.5. The zero-order chi connectivity index (χ0) is 22.1. The highest BCUT2D eigenvalue weighted by Crippen LogP contribution is 2.42. The number of benzene rings is 2. The molecule has 2 aromatic carbocycles. The van der Waals surface area contributed by atoms with Crippen LogP contribution in [0.4, 0.5) is 0 Å². The molecule has 0 bridgehead atoms. The molecule has 1 atom stereocenters. The van der Waals surface area contributed by atoms with Crippen molar-refractivity contribution in [3.05, 3.63) is 59.3 Å². The first kappa shape index (κ1) is 20.9. The van der Waals surface area contributed by atoms with E-state index in [0.29, 0.717) is 18.9 Å². The van der Waals surface area contributed by atoms with E-state index in [1.165, 1.54) is 36.6 Å². The largest absolute Gasteiger partial charge is 0.497 e. The maximum atomic E-state index is 13.5. The first-order chi connectivity index (χ1) is 15.7. The normalized spacial score (nSPS) is 18.7. The fraction of sp³-hybridized carbons (Fsp3) is 0.444. The summed E-state index contributed by atoms with van der Waals surface area (Å²) in [6.45, 7) is 0.712. The molecule has 5 nitrogen and oxygen atoms in total. The van der Waals surface area contributed by atoms with Gasteiger partial charge in [-0.2, -0.15) is 0 Å². The van der Waals surface area contributed by atoms with Crippen LogP contribution in [0.25, 0.3) is 10.9 Å². The molecule has 3 aromatic rings. The van der Waals surface area contributed by atoms with Gasteiger partial charge in [-0.25, -0.2) is 0 Å². The van der Waals surface area contributed by atoms with Crippen LogP contribution in [0.3, 0.4) is 0 Å². The molecular formula is C27H32N2O3. The molecule has 1 aliphatic heterocycles. The SMILES string of the molecule is COc1ccc2[nH]c3c(c2c1)CCN(C(=O)CCC1CCCC1)[C@H]3c1ccccc1OC. The fourth-order valence-corrected chi connectivity index (χ4v) is 5.65. The lowest BCUT2D eigenvalue weighted by Gasteiger charge is -2.37. The molecule has 0 spiro atoms. The topological polar surface area (TPSA) is 54.6 Å². The van der Waals surface area contributed by atoms with Gasteiger partial charge in [-0.1, -0.05) is 43.9 Å². The number of H-pyrrole nitrogens is 1. The minimum Gasteiger partial charge on any atom is -0.497 e. The standard InChI is InChI=1S/C27H32N2O3/c1-31-19-12-13-23-22(17-19)20-15-16-29(25(30)14-11-18-7-3-4-8-18)27(26(20)28-23)21-9-5-6-10-24(21)32-2/h5-6,9-10,12-13,17-18,27-28H,3-4,7-8,11,14-16H2,1-2H3/t27-/m0/s1. The van der Waals surface area contributed by atoms with Gasteiger partial charge in [0, 0.05) is 35.1 Å². The molecule has 1 amide bonds. The van der Waals surface area contributed by atoms with E-state index in [1.807, 2.05) is 24.3 Å². The summed E-state index contributed by atoms with van der Waals surface area (Å²) in [6, 6.07) is 14.0. The summed E-state index contributed by atoms with van der Waals surface area (Å²) in [4.78, 5) is 19.2. The summed E-state index contributed by atoms with van der Waals surface area (Å²) < 4.78 is 11.2. The van der Waals surface area contributed by atoms with Gasteiger partial charge in [-0.3, -0.25) is 4.79 Å². The highest BCUT2D eigenvalue weighted by molar-refractivity contribution is 5.88. The number of hydrogen-bond donors (Lipinski definition) is 1. The number of nitrogens with zero attached hydrogens (tertiary/aromatic N) is 1. The molecular weight excluding hydrogens is 400 g/mol. The summed E-state index contributed by atoms with van der Waals surface area (Å²) in [5.41, 5.74) is 4.48. The Morgan fingerprint density at radius 2 is 1.91 bits per heavy atom. The third-order valence-corrected chi connectivity index (χ3v) is 7.33. The number of methoxy groups -OCH3 is 2. The van der Waals surface area contributed by atoms with Gasteiger partial charge < -0.3 is 19.4 Å². The molecule has 5 rings (SSSR count). The van der Waals surface area contributed by atoms with E-state index in [2.05, 4.69) is 28.1 Å². The van der Waals surface area contributed by atoms with E-state index in [4.69, 9.17) is 9.47 Å². The van der Waals surface area contributed by atoms with Crippen molar-refractivity contribution in [3.63, 3.8) is 0 Å². The molecule has 5 heteroatoms. The van der Waals surface area contributed by atoms with E-state index in [9.17, 15) is 4.79 Å². The Labute approximate surface area is 189 Å². The minimum atomic E-state index is -0.177. The summed E-state index contributed by atoms with van der Waals surface area (Å²) >= 11 is 0. The second-order valence-electron chi connectivity index (χ2n) is 9.10. The number of para-hydroxylation sites is 1. The molecule has 1 N–H and O–H groups in total. The number of aromatic nitrogens is 1. The van der Waals surface area contributed by atoms with Crippen molar-refractivity contribution < 1.29 is 14.3 Å². The van der Waals surface area contributed by atoms with Gasteiger partial charge in [0.2, 0.25) is 5.91 Å². The number of amides is 1. The summed E-state index contributed by atoms with van der Waals surface area (Å²) in [5.74, 6) is 2.62. The molecule has 2 heterocycles. The first-order valence-corrected chi connectivity index (χ1v) is 11.8. The Bertz CT molecular complexity index is 1110. The molecule has 1 saturated carbocycles. The molecule has 1 aromatic heterocycles. The quantitative estimate of drug-likeness (QED) is 0.549. The Kier molecular flexibility index (Phi) is 5.81. The fourth-order valence-electron chi connectivity index (χ4n) is 5.65. The Morgan fingerprint density at radius 3 is 2.69 bits per heavy atom. The zero-order valence-corrected chi connectivity index (χ0v) is 19.0. The second-order valence-corrected chi connectivity index (χ2v) is 9.10. The predicted octanol–water partition coefficient (Wildman–Crippen LogP) is 5.63. The number of aromatic amines is 1. The van der Waals surface area contributed by atoms with Crippen LogP contribution in [0.2, 0.25) is 0 Å². The van der Waals surface area contributed by atoms with Gasteiger partial charge in [-0.05, 0) is 48.6 Å². The number of nitrogens with one attached hydrogen (secondary N) is 1. The van der Waals surface area contributed by atoms with Gasteiger partial charge in [0.1, 0.15) is 17.5 Å². The van der Waals surface area contributed by atoms with E-state index >= 15 is 0 Å². The number of fused-ring (bicyclic) bond motifs is 3. The molecule has 0 radical (unpaired) electrons. The van der Waals surface area contributed by atoms with Crippen molar-refractivity contribution in [2.24, 2.45) is 5.92 Å². The van der Waals surface area contributed by atoms with Crippen LogP contribution >= 0.6 is 0 Å². The second kappa shape index (κ2) is 8.89. The van der Waals surface area contributed by atoms with Gasteiger partial charge >= 0.3 is 0 Å². The highest BCUT2D eigenvalue weighted by Gasteiger charge is 2.36. The number of carbonyl (C=O) groups is 1. The van der Waals surface area contributed by atoms with Crippen molar-refractivity contribution >= 4 is 16.8 Å². The molecule has 168 valence electrons. The van der Waals surface area contributed by atoms with Crippen molar-refractivity contribution in [3.8, 4) is 11.5 Å². The number of ether oxygens (including phenoxy) is 2. The molecule has 0 unspecified atom stereocenters. The van der Waals surface area contributed by atoms with Crippen LogP contribution in [0.5, 0.6) is 11.5 Å². The van der Waals surface area contributed by atoms with E-state index in [-0.39, 0.29) is 11.9 Å². The lowest BCUT2D eigenvalue weighted by molar-refractivity contribution is -0.133. The maximum Gasteiger partial charge on any atom is 0.223 e. The van der Waals surface area contributed by atoms with E-state index < -0.39 is 0 Å². The van der Waals surface area contributed by atoms with Crippen LogP contribution < -0.4 is 9.47 Å². The van der Waals surface area contributed by atoms with Crippen molar-refractivity contribution in [2.75, 3.05) is 20.8 Å². The molecule has 1 aliphatic carbocycles. The van der Waals surface area contributed by atoms with Gasteiger partial charge in [-0.15, -0.1) is 0 Å². The van der Waals surface area contributed by atoms with Crippen LogP contribution in [-0.4, -0.2) is 36.6 Å². The number of carbonyl (C=O) groups excluding carboxylic acids is 1. The molecule has 1 fully saturated rings. The van der Waals surface area contributed by atoms with Crippen molar-refractivity contribution in [2.45, 2.75) is 51.0 Å². The summed E-state index contributed by atoms with van der Waals surface area (Å²) in [6.07, 6.45) is 7.64. The first-order valence-electron chi connectivity index (χ1n) is 11.8. The van der Waals surface area contributed by atoms with Crippen molar-refractivity contribution in [1.82, 2.24) is 9.88 Å². The monoisotopic (exact) mass is 432 g/mol. The van der Waals surface area contributed by atoms with E-state index in [1.54, 1.807) is 14.2 Å². The predicted molar refractivity (Wildman–Crippen MR) is 126 cm³/mol. The third kappa shape index (κ3) is 3.74. The lowest BCUT2D eigenvalue weighted by atomic mass is 9.91. The molecule has 32 heavy (non-hydrogen) atoms. The van der Waals surface area contributed by atoms with Crippen LogP contribution in [0.1, 0.15) is 61.4 Å². The Morgan fingerprint density at radius 1 is 1.09 bits per heavy atom. The van der Waals surface area contributed by atoms with Gasteiger partial charge in [0.25, 0.3) is 0 Å². The van der Waals surface area contributed by atoms with E-state index in [0.717, 1.165) is 41.1 Å². The molecule has 2 aliphatic rings. The zero-order valence-electron chi connectivity index (χ0n) is 19.0. The third-order valence-electron chi connectivity index (χ3n) is 7.33. The van der Waals surface area contributed by atoms with Gasteiger partial charge in [0.15, 0.2) is 0 Å². The van der Waals surface area contributed by atoms with Gasteiger partial charge in [0.05, 0.1) is 14.2 Å². The van der Waals surface area contributed by atoms with Crippen LogP contribution in [0, 0.1) is 5.92 Å².